The first-order valence-corrected chi connectivity index (χ1v) is 16.8. The van der Waals surface area contributed by atoms with Crippen LogP contribution in [0.15, 0.2) is 10.2 Å². The fourth-order valence-electron chi connectivity index (χ4n) is 2.97. The van der Waals surface area contributed by atoms with Gasteiger partial charge in [-0.1, -0.05) is 0 Å². The number of unbranched alkanes of at least 4 members (excludes halogenated alkanes) is 3. The second kappa shape index (κ2) is 14.1. The summed E-state index contributed by atoms with van der Waals surface area (Å²) in [7, 11) is 0. The van der Waals surface area contributed by atoms with Gasteiger partial charge in [-0.3, -0.25) is 0 Å². The molecular formula is C18H38O2Sn. The fourth-order valence-corrected chi connectivity index (χ4v) is 17.5. The van der Waals surface area contributed by atoms with Gasteiger partial charge in [-0.2, -0.15) is 0 Å². The quantitative estimate of drug-likeness (QED) is 0.403. The van der Waals surface area contributed by atoms with E-state index < -0.39 is 18.4 Å². The van der Waals surface area contributed by atoms with Gasteiger partial charge in [0.2, 0.25) is 0 Å². The van der Waals surface area contributed by atoms with E-state index in [2.05, 4.69) is 30.9 Å². The number of hydrogen-bond donors (Lipinski definition) is 2. The van der Waals surface area contributed by atoms with E-state index in [4.69, 9.17) is 5.11 Å². The van der Waals surface area contributed by atoms with Crippen molar-refractivity contribution in [2.45, 2.75) is 79.0 Å². The van der Waals surface area contributed by atoms with Crippen LogP contribution >= 0.6 is 0 Å². The Hall–Kier alpha value is 0.459. The van der Waals surface area contributed by atoms with E-state index in [9.17, 15) is 5.11 Å². The molecule has 0 aromatic rings. The van der Waals surface area contributed by atoms with Gasteiger partial charge in [0.25, 0.3) is 0 Å². The molecule has 2 nitrogen and oxygen atoms in total. The van der Waals surface area contributed by atoms with E-state index in [0.717, 1.165) is 0 Å². The van der Waals surface area contributed by atoms with Gasteiger partial charge in [-0.05, 0) is 0 Å². The van der Waals surface area contributed by atoms with Crippen molar-refractivity contribution in [2.75, 3.05) is 13.2 Å². The molecule has 1 atom stereocenters. The van der Waals surface area contributed by atoms with E-state index in [-0.39, 0.29) is 19.1 Å². The number of rotatable bonds is 14. The summed E-state index contributed by atoms with van der Waals surface area (Å²) in [4.78, 5) is 0. The van der Waals surface area contributed by atoms with E-state index in [0.29, 0.717) is 6.42 Å². The minimum atomic E-state index is -2.18. The number of aliphatic hydroxyl groups is 2. The topological polar surface area (TPSA) is 40.5 Å². The second-order valence-corrected chi connectivity index (χ2v) is 19.5. The van der Waals surface area contributed by atoms with Crippen molar-refractivity contribution in [3.05, 3.63) is 10.2 Å². The first kappa shape index (κ1) is 21.5. The van der Waals surface area contributed by atoms with Crippen LogP contribution in [0.1, 0.15) is 65.7 Å². The molecule has 0 bridgehead atoms. The van der Waals surface area contributed by atoms with E-state index in [1.165, 1.54) is 51.8 Å². The van der Waals surface area contributed by atoms with Gasteiger partial charge in [0.1, 0.15) is 0 Å². The molecule has 0 rings (SSSR count). The zero-order valence-electron chi connectivity index (χ0n) is 14.6. The summed E-state index contributed by atoms with van der Waals surface area (Å²) in [6.07, 6.45) is 11.0. The second-order valence-electron chi connectivity index (χ2n) is 6.49. The predicted molar refractivity (Wildman–Crippen MR) is 96.3 cm³/mol. The Labute approximate surface area is 136 Å². The zero-order valence-corrected chi connectivity index (χ0v) is 17.5. The van der Waals surface area contributed by atoms with E-state index >= 15 is 0 Å². The van der Waals surface area contributed by atoms with Crippen molar-refractivity contribution in [2.24, 2.45) is 5.92 Å². The van der Waals surface area contributed by atoms with Crippen molar-refractivity contribution >= 4 is 18.4 Å². The molecule has 0 aromatic heterocycles. The average molecular weight is 405 g/mol. The van der Waals surface area contributed by atoms with Crippen molar-refractivity contribution < 1.29 is 10.2 Å². The molecule has 0 aromatic carbocycles. The summed E-state index contributed by atoms with van der Waals surface area (Å²) < 4.78 is 7.02. The van der Waals surface area contributed by atoms with Gasteiger partial charge >= 0.3 is 137 Å². The molecule has 0 aliphatic carbocycles. The third-order valence-electron chi connectivity index (χ3n) is 4.54. The van der Waals surface area contributed by atoms with Crippen LogP contribution < -0.4 is 0 Å². The van der Waals surface area contributed by atoms with Gasteiger partial charge in [-0.15, -0.1) is 0 Å². The van der Waals surface area contributed by atoms with Gasteiger partial charge in [0.15, 0.2) is 0 Å². The van der Waals surface area contributed by atoms with Gasteiger partial charge in [0, 0.05) is 0 Å². The monoisotopic (exact) mass is 406 g/mol. The van der Waals surface area contributed by atoms with Crippen molar-refractivity contribution in [3.8, 4) is 0 Å². The molecule has 126 valence electrons. The standard InChI is InChI=1S/C6H11O2.3C4H9.Sn/c1-2-6(5-8)3-4-7;3*1-3-4-2;/h1-2,6-8H,3-5H2;3*1,3-4H2,2H3;/t6-;;;;/m0..../s1. The average Bonchev–Trinajstić information content (AvgIpc) is 2.52. The van der Waals surface area contributed by atoms with Crippen LogP contribution in [-0.4, -0.2) is 41.8 Å². The molecule has 0 fully saturated rings. The van der Waals surface area contributed by atoms with Crippen LogP contribution in [0.2, 0.25) is 13.3 Å². The Morgan fingerprint density at radius 2 is 1.33 bits per heavy atom. The third-order valence-corrected chi connectivity index (χ3v) is 18.7. The number of hydrogen-bond acceptors (Lipinski definition) is 2. The molecule has 0 heterocycles. The first-order valence-electron chi connectivity index (χ1n) is 9.09. The molecule has 0 aliphatic rings. The van der Waals surface area contributed by atoms with Crippen LogP contribution in [0, 0.1) is 5.92 Å². The molecule has 3 heteroatoms. The summed E-state index contributed by atoms with van der Waals surface area (Å²) >= 11 is -2.18. The molecule has 0 unspecified atom stereocenters. The third kappa shape index (κ3) is 9.96. The summed E-state index contributed by atoms with van der Waals surface area (Å²) in [6, 6.07) is 0. The molecular weight excluding hydrogens is 367 g/mol. The number of aliphatic hydroxyl groups excluding tert-OH is 2. The molecule has 0 amide bonds. The molecule has 0 saturated heterocycles. The maximum atomic E-state index is 9.44. The minimum absolute atomic E-state index is 0.163. The Morgan fingerprint density at radius 3 is 1.67 bits per heavy atom. The maximum absolute atomic E-state index is 9.44. The molecule has 0 spiro atoms. The van der Waals surface area contributed by atoms with Crippen LogP contribution in [0.5, 0.6) is 0 Å². The van der Waals surface area contributed by atoms with Crippen LogP contribution in [-0.2, 0) is 0 Å². The van der Waals surface area contributed by atoms with E-state index in [1.54, 1.807) is 0 Å². The summed E-state index contributed by atoms with van der Waals surface area (Å²) in [6.45, 7) is 7.23. The van der Waals surface area contributed by atoms with Crippen LogP contribution in [0.4, 0.5) is 0 Å². The molecule has 0 saturated carbocycles. The van der Waals surface area contributed by atoms with Crippen molar-refractivity contribution in [1.29, 1.82) is 0 Å². The Bertz CT molecular complexity index is 232. The van der Waals surface area contributed by atoms with Gasteiger partial charge in [0.05, 0.1) is 0 Å². The fraction of sp³-hybridized carbons (Fsp3) is 0.889. The zero-order chi connectivity index (χ0) is 16.0. The van der Waals surface area contributed by atoms with Gasteiger partial charge < -0.3 is 0 Å². The molecule has 0 radical (unpaired) electrons. The van der Waals surface area contributed by atoms with E-state index in [1.807, 2.05) is 0 Å². The van der Waals surface area contributed by atoms with Crippen molar-refractivity contribution in [1.82, 2.24) is 0 Å². The SMILES string of the molecule is CCC[CH2][Sn](/[CH]=C\[C@H](CO)CCO)([CH2]CCC)[CH2]CCC. The molecule has 0 aliphatic heterocycles. The molecule has 21 heavy (non-hydrogen) atoms. The first-order chi connectivity index (χ1) is 10.2. The van der Waals surface area contributed by atoms with Crippen LogP contribution in [0.3, 0.4) is 0 Å². The Morgan fingerprint density at radius 1 is 0.857 bits per heavy atom. The predicted octanol–water partition coefficient (Wildman–Crippen LogP) is 4.92. The van der Waals surface area contributed by atoms with Gasteiger partial charge in [-0.25, -0.2) is 0 Å². The summed E-state index contributed by atoms with van der Waals surface area (Å²) in [5.74, 6) is 0.163. The van der Waals surface area contributed by atoms with Crippen molar-refractivity contribution in [3.63, 3.8) is 0 Å². The molecule has 2 N–H and O–H groups in total. The summed E-state index contributed by atoms with van der Waals surface area (Å²) in [5.41, 5.74) is 0. The Balaban J connectivity index is 4.94. The summed E-state index contributed by atoms with van der Waals surface area (Å²) in [5, 5.41) is 18.5. The van der Waals surface area contributed by atoms with Crippen LogP contribution in [0.25, 0.3) is 0 Å². The normalized spacial score (nSPS) is 14.0. The Kier molecular flexibility index (Phi) is 14.4.